The molecule has 0 fully saturated rings. The number of benzene rings is 6. The van der Waals surface area contributed by atoms with Crippen LogP contribution in [-0.4, -0.2) is 90.7 Å². The highest BCUT2D eigenvalue weighted by atomic mass is 32.2. The monoisotopic (exact) mass is 1110 g/mol. The van der Waals surface area contributed by atoms with Gasteiger partial charge in [0.2, 0.25) is 0 Å². The maximum absolute atomic E-state index is 13.4. The Morgan fingerprint density at radius 1 is 0.382 bits per heavy atom. The van der Waals surface area contributed by atoms with E-state index < -0.39 is 112 Å². The number of aromatic nitrogens is 2. The highest BCUT2D eigenvalue weighted by Gasteiger charge is 2.23. The van der Waals surface area contributed by atoms with Crippen LogP contribution in [-0.2, 0) is 54.6 Å². The van der Waals surface area contributed by atoms with Gasteiger partial charge in [0.15, 0.2) is 0 Å². The van der Waals surface area contributed by atoms with Crippen LogP contribution in [0, 0.1) is 0 Å². The van der Waals surface area contributed by atoms with E-state index in [0.29, 0.717) is 0 Å². The zero-order valence-corrected chi connectivity index (χ0v) is 41.9. The molecule has 0 spiro atoms. The highest BCUT2D eigenvalue weighted by molar-refractivity contribution is 7.87. The molecular weight excluding hydrogens is 1080 g/mol. The summed E-state index contributed by atoms with van der Waals surface area (Å²) in [5.74, 6) is -3.29. The minimum Gasteiger partial charge on any atom is -0.744 e. The summed E-state index contributed by atoms with van der Waals surface area (Å²) in [5.41, 5.74) is -0.751. The third-order valence-electron chi connectivity index (χ3n) is 11.2. The number of aryl methyl sites for hydroxylation is 2. The van der Waals surface area contributed by atoms with Crippen LogP contribution in [0.4, 0.5) is 38.9 Å². The molecule has 0 saturated heterocycles. The van der Waals surface area contributed by atoms with Crippen LogP contribution < -0.4 is 31.9 Å². The van der Waals surface area contributed by atoms with Gasteiger partial charge in [-0.25, -0.2) is 38.5 Å². The molecule has 2 heterocycles. The second kappa shape index (κ2) is 20.1. The third kappa shape index (κ3) is 11.4. The molecule has 8 aromatic rings. The lowest BCUT2D eigenvalue weighted by Crippen LogP contribution is -2.19. The van der Waals surface area contributed by atoms with Crippen molar-refractivity contribution in [2.75, 3.05) is 31.9 Å². The lowest BCUT2D eigenvalue weighted by Gasteiger charge is -2.19. The van der Waals surface area contributed by atoms with E-state index in [1.54, 1.807) is 0 Å². The van der Waals surface area contributed by atoms with Crippen molar-refractivity contribution in [1.29, 1.82) is 0 Å². The molecule has 0 bridgehead atoms. The van der Waals surface area contributed by atoms with E-state index in [1.807, 2.05) is 0 Å². The molecule has 0 aliphatic rings. The number of nitrogens with one attached hydrogen (secondary N) is 6. The first-order valence-corrected chi connectivity index (χ1v) is 27.0. The van der Waals surface area contributed by atoms with Crippen molar-refractivity contribution >= 4 is 126 Å². The number of carbonyl (C=O) groups is 5. The molecule has 0 unspecified atom stereocenters. The molecule has 392 valence electrons. The lowest BCUT2D eigenvalue weighted by atomic mass is 10.1. The van der Waals surface area contributed by atoms with E-state index in [0.717, 1.165) is 60.7 Å². The predicted molar refractivity (Wildman–Crippen MR) is 268 cm³/mol. The maximum Gasteiger partial charge on any atom is 0.323 e. The third-order valence-corrected chi connectivity index (χ3v) is 14.9. The Hall–Kier alpha value is -8.81. The van der Waals surface area contributed by atoms with Crippen LogP contribution in [0.25, 0.3) is 21.5 Å². The van der Waals surface area contributed by atoms with E-state index >= 15 is 0 Å². The zero-order chi connectivity index (χ0) is 55.2. The fraction of sp³-hybridized carbons (Fsp3) is 0.0426. The number of fused-ring (bicyclic) bond motifs is 2. The molecule has 6 aromatic carbocycles. The second-order valence-corrected chi connectivity index (χ2v) is 21.7. The number of carbonyl (C=O) groups excluding carboxylic acids is 5. The Balaban J connectivity index is 0.893. The van der Waals surface area contributed by atoms with Crippen molar-refractivity contribution < 1.29 is 75.9 Å². The minimum atomic E-state index is -5.37. The second-order valence-electron chi connectivity index (χ2n) is 16.4. The number of nitrogens with zero attached hydrogens (tertiary/aromatic N) is 2. The number of rotatable bonds is 14. The van der Waals surface area contributed by atoms with Crippen molar-refractivity contribution in [3.8, 4) is 0 Å². The van der Waals surface area contributed by atoms with Gasteiger partial charge >= 0.3 is 6.03 Å². The molecule has 6 N–H and O–H groups in total. The first kappa shape index (κ1) is 53.5. The first-order chi connectivity index (χ1) is 35.6. The molecule has 25 nitrogen and oxygen atoms in total. The summed E-state index contributed by atoms with van der Waals surface area (Å²) in [4.78, 5) is 63.1. The number of urea groups is 1. The summed E-state index contributed by atoms with van der Waals surface area (Å²) in [7, 11) is -17.9. The lowest BCUT2D eigenvalue weighted by molar-refractivity contribution is 0.101. The quantitative estimate of drug-likeness (QED) is 0.0785. The van der Waals surface area contributed by atoms with Gasteiger partial charge in [0.25, 0.3) is 23.6 Å². The van der Waals surface area contributed by atoms with Gasteiger partial charge in [0.1, 0.15) is 51.9 Å². The molecule has 0 saturated carbocycles. The Morgan fingerprint density at radius 2 is 0.750 bits per heavy atom. The summed E-state index contributed by atoms with van der Waals surface area (Å²) in [6.45, 7) is 0. The Labute approximate surface area is 430 Å². The van der Waals surface area contributed by atoms with E-state index in [9.17, 15) is 75.9 Å². The standard InChI is InChI=1S/C47H38N8O17S4/c1-54-23-29(21-37(54)45(58)48-27-9-3-7-25(19-27)43(56)52-35-17-15-31-33(41(35)75(67,68)69)11-5-13-39(31)73(61,62)63)50-47(60)51-30-22-38(55(2)24-30)46(59)49-28-10-4-8-26(20-28)44(57)53-36-18-16-32-34(42(36)76(70,71)72)12-6-14-40(32)74(64,65)66/h3-24H,1-2H3,(H,48,58)(H,49,59)(H,52,56)(H,53,57)(H2,50,51,60)(H,61,62,63)(H,64,65,66)(H,67,68,69)(H,70,71,72)/p-4. The van der Waals surface area contributed by atoms with Crippen molar-refractivity contribution in [3.63, 3.8) is 0 Å². The molecule has 29 heteroatoms. The van der Waals surface area contributed by atoms with Gasteiger partial charge in [-0.3, -0.25) is 19.2 Å². The highest BCUT2D eigenvalue weighted by Crippen LogP contribution is 2.36. The summed E-state index contributed by atoms with van der Waals surface area (Å²) in [6, 6.07) is 22.8. The number of amides is 6. The number of anilines is 6. The Kier molecular flexibility index (Phi) is 14.2. The predicted octanol–water partition coefficient (Wildman–Crippen LogP) is 4.94. The normalized spacial score (nSPS) is 12.0. The topological polar surface area (TPSA) is 396 Å². The summed E-state index contributed by atoms with van der Waals surface area (Å²) in [5, 5.41) is 13.4. The van der Waals surface area contributed by atoms with E-state index in [2.05, 4.69) is 31.9 Å². The summed E-state index contributed by atoms with van der Waals surface area (Å²) < 4.78 is 148. The average molecular weight is 1110 g/mol. The Morgan fingerprint density at radius 3 is 1.11 bits per heavy atom. The Bertz CT molecular complexity index is 4000. The van der Waals surface area contributed by atoms with Gasteiger partial charge in [-0.1, -0.05) is 48.5 Å². The van der Waals surface area contributed by atoms with E-state index in [4.69, 9.17) is 0 Å². The van der Waals surface area contributed by atoms with Crippen molar-refractivity contribution in [2.24, 2.45) is 14.1 Å². The molecule has 76 heavy (non-hydrogen) atoms. The van der Waals surface area contributed by atoms with Crippen LogP contribution >= 0.6 is 0 Å². The average Bonchev–Trinajstić information content (AvgIpc) is 3.90. The van der Waals surface area contributed by atoms with Crippen LogP contribution in [0.5, 0.6) is 0 Å². The SMILES string of the molecule is Cn1cc(NC(=O)Nc2cc(C(=O)Nc3cccc(C(=O)Nc4ccc5c(S(=O)(=O)[O-])cccc5c4S(=O)(=O)[O-])c3)n(C)c2)cc1C(=O)Nc1cccc(C(=O)Nc2ccc3c(S(=O)(=O)[O-])cccc3c2S(=O)(=O)[O-])c1. The maximum atomic E-state index is 13.4. The molecule has 0 aliphatic heterocycles. The van der Waals surface area contributed by atoms with E-state index in [1.165, 1.54) is 96.3 Å². The van der Waals surface area contributed by atoms with Gasteiger partial charge in [0, 0.05) is 70.5 Å². The summed E-state index contributed by atoms with van der Waals surface area (Å²) in [6.07, 6.45) is 2.81. The smallest absolute Gasteiger partial charge is 0.323 e. The number of hydrogen-bond donors (Lipinski definition) is 6. The van der Waals surface area contributed by atoms with E-state index in [-0.39, 0.29) is 56.0 Å². The van der Waals surface area contributed by atoms with Crippen molar-refractivity contribution in [2.45, 2.75) is 19.6 Å². The molecule has 0 atom stereocenters. The molecule has 0 aliphatic carbocycles. The molecular formula is C47H34N8O17S4-4. The fourth-order valence-corrected chi connectivity index (χ4v) is 11.1. The van der Waals surface area contributed by atoms with Crippen molar-refractivity contribution in [3.05, 3.63) is 156 Å². The molecule has 8 rings (SSSR count). The fourth-order valence-electron chi connectivity index (χ4n) is 8.04. The van der Waals surface area contributed by atoms with Crippen LogP contribution in [0.1, 0.15) is 41.7 Å². The van der Waals surface area contributed by atoms with Gasteiger partial charge in [-0.15, -0.1) is 0 Å². The zero-order valence-electron chi connectivity index (χ0n) is 38.7. The minimum absolute atomic E-state index is 0.0231. The van der Waals surface area contributed by atoms with Crippen molar-refractivity contribution in [1.82, 2.24) is 9.13 Å². The van der Waals surface area contributed by atoms with Gasteiger partial charge in [-0.2, -0.15) is 0 Å². The van der Waals surface area contributed by atoms with Gasteiger partial charge in [-0.05, 0) is 72.8 Å². The van der Waals surface area contributed by atoms with Crippen LogP contribution in [0.2, 0.25) is 0 Å². The largest absolute Gasteiger partial charge is 0.744 e. The summed E-state index contributed by atoms with van der Waals surface area (Å²) >= 11 is 0. The molecule has 2 aromatic heterocycles. The van der Waals surface area contributed by atoms with Gasteiger partial charge < -0.3 is 59.2 Å². The number of hydrogen-bond acceptors (Lipinski definition) is 17. The van der Waals surface area contributed by atoms with Gasteiger partial charge in [0.05, 0.1) is 42.3 Å². The van der Waals surface area contributed by atoms with Crippen LogP contribution in [0.3, 0.4) is 0 Å². The first-order valence-electron chi connectivity index (χ1n) is 21.4. The van der Waals surface area contributed by atoms with Crippen LogP contribution in [0.15, 0.2) is 153 Å². The molecule has 0 radical (unpaired) electrons. The molecule has 6 amide bonds.